The molecule has 0 aliphatic carbocycles. The number of carbonyl (C=O) groups is 2. The molecule has 0 aromatic rings. The molecule has 0 spiro atoms. The average molecular weight is 729 g/mol. The summed E-state index contributed by atoms with van der Waals surface area (Å²) < 4.78 is 44.3. The number of unbranched alkanes of at least 4 members (excludes halogenated alkanes) is 20. The largest absolute Gasteiger partial charge is 1.00 e. The van der Waals surface area contributed by atoms with Gasteiger partial charge in [0.2, 0.25) is 0 Å². The standard InChI is InChI=1S/C37H71O10P.Na/c1-5-7-9-11-13-15-17-19-21-23-25-27-35(38)42-29-33(31-44-48(40,41)45-32-34-30-43-37(3,4)47-34)46-36(39)28-26-24-22-20-18-16-14-12-10-8-6-2;/h33-34H,5-32H2,1-4H3,(H,40,41);/q;+1/p-1. The van der Waals surface area contributed by atoms with Gasteiger partial charge < -0.3 is 32.9 Å². The number of ether oxygens (including phenoxy) is 4. The van der Waals surface area contributed by atoms with Gasteiger partial charge in [-0.1, -0.05) is 142 Å². The van der Waals surface area contributed by atoms with E-state index in [1.807, 2.05) is 0 Å². The van der Waals surface area contributed by atoms with Crippen LogP contribution in [0.5, 0.6) is 0 Å². The van der Waals surface area contributed by atoms with Crippen molar-refractivity contribution in [3.63, 3.8) is 0 Å². The van der Waals surface area contributed by atoms with E-state index in [9.17, 15) is 19.0 Å². The van der Waals surface area contributed by atoms with Crippen LogP contribution < -0.4 is 34.5 Å². The summed E-state index contributed by atoms with van der Waals surface area (Å²) in [6, 6.07) is 0. The first kappa shape index (κ1) is 49.0. The Morgan fingerprint density at radius 3 is 1.55 bits per heavy atom. The van der Waals surface area contributed by atoms with Crippen molar-refractivity contribution in [1.29, 1.82) is 0 Å². The molecule has 10 nitrogen and oxygen atoms in total. The first-order chi connectivity index (χ1) is 23.1. The molecule has 1 fully saturated rings. The van der Waals surface area contributed by atoms with Crippen molar-refractivity contribution < 1.29 is 76.6 Å². The molecule has 1 heterocycles. The van der Waals surface area contributed by atoms with Gasteiger partial charge in [-0.15, -0.1) is 0 Å². The summed E-state index contributed by atoms with van der Waals surface area (Å²) in [6.07, 6.45) is 24.7. The van der Waals surface area contributed by atoms with Gasteiger partial charge in [0.05, 0.1) is 19.8 Å². The second-order valence-corrected chi connectivity index (χ2v) is 15.3. The maximum Gasteiger partial charge on any atom is 1.00 e. The topological polar surface area (TPSA) is 130 Å². The molecule has 284 valence electrons. The van der Waals surface area contributed by atoms with Gasteiger partial charge in [-0.05, 0) is 26.7 Å². The second kappa shape index (κ2) is 31.5. The number of hydrogen-bond acceptors (Lipinski definition) is 10. The van der Waals surface area contributed by atoms with Crippen molar-refractivity contribution in [2.75, 3.05) is 26.4 Å². The molecule has 49 heavy (non-hydrogen) atoms. The molecule has 0 saturated carbocycles. The van der Waals surface area contributed by atoms with Gasteiger partial charge in [0, 0.05) is 12.8 Å². The number of phosphoric acid groups is 1. The number of esters is 2. The second-order valence-electron chi connectivity index (χ2n) is 13.9. The molecule has 1 aliphatic heterocycles. The normalized spacial score (nSPS) is 17.3. The van der Waals surface area contributed by atoms with Crippen molar-refractivity contribution in [3.05, 3.63) is 0 Å². The van der Waals surface area contributed by atoms with Gasteiger partial charge in [0.1, 0.15) is 12.7 Å². The van der Waals surface area contributed by atoms with Gasteiger partial charge >= 0.3 is 41.5 Å². The van der Waals surface area contributed by atoms with Crippen molar-refractivity contribution in [2.24, 2.45) is 0 Å². The summed E-state index contributed by atoms with van der Waals surface area (Å²) in [6.45, 7) is 7.06. The van der Waals surface area contributed by atoms with Crippen LogP contribution in [0.2, 0.25) is 0 Å². The molecular weight excluding hydrogens is 658 g/mol. The van der Waals surface area contributed by atoms with Crippen LogP contribution in [-0.4, -0.2) is 56.4 Å². The summed E-state index contributed by atoms with van der Waals surface area (Å²) in [4.78, 5) is 37.4. The Hall–Kier alpha value is -0.0300. The predicted octanol–water partition coefficient (Wildman–Crippen LogP) is 6.50. The van der Waals surface area contributed by atoms with Crippen LogP contribution in [0.4, 0.5) is 0 Å². The minimum Gasteiger partial charge on any atom is -0.756 e. The first-order valence-electron chi connectivity index (χ1n) is 19.3. The van der Waals surface area contributed by atoms with Crippen LogP contribution in [0.3, 0.4) is 0 Å². The summed E-state index contributed by atoms with van der Waals surface area (Å²) in [5.41, 5.74) is 0. The van der Waals surface area contributed by atoms with Gasteiger partial charge in [0.15, 0.2) is 11.9 Å². The predicted molar refractivity (Wildman–Crippen MR) is 187 cm³/mol. The third-order valence-corrected chi connectivity index (χ3v) is 9.53. The molecule has 1 aliphatic rings. The summed E-state index contributed by atoms with van der Waals surface area (Å²) in [7, 11) is -4.74. The van der Waals surface area contributed by atoms with E-state index in [1.54, 1.807) is 13.8 Å². The van der Waals surface area contributed by atoms with Crippen LogP contribution in [0.1, 0.15) is 182 Å². The van der Waals surface area contributed by atoms with E-state index >= 15 is 0 Å². The third-order valence-electron chi connectivity index (χ3n) is 8.60. The quantitative estimate of drug-likeness (QED) is 0.0320. The van der Waals surface area contributed by atoms with E-state index in [-0.39, 0.29) is 62.2 Å². The minimum atomic E-state index is -4.74. The van der Waals surface area contributed by atoms with Crippen molar-refractivity contribution in [2.45, 2.75) is 200 Å². The Balaban J connectivity index is 0.0000230. The Bertz CT molecular complexity index is 859. The van der Waals surface area contributed by atoms with E-state index in [4.69, 9.17) is 28.0 Å². The fraction of sp³-hybridized carbons (Fsp3) is 0.946. The Morgan fingerprint density at radius 1 is 0.694 bits per heavy atom. The average Bonchev–Trinajstić information content (AvgIpc) is 3.41. The maximum absolute atomic E-state index is 12.6. The molecule has 12 heteroatoms. The monoisotopic (exact) mass is 728 g/mol. The fourth-order valence-electron chi connectivity index (χ4n) is 5.72. The van der Waals surface area contributed by atoms with Gasteiger partial charge in [-0.25, -0.2) is 0 Å². The number of phosphoric ester groups is 1. The van der Waals surface area contributed by atoms with E-state index in [1.165, 1.54) is 96.3 Å². The van der Waals surface area contributed by atoms with E-state index in [0.29, 0.717) is 6.42 Å². The van der Waals surface area contributed by atoms with Crippen molar-refractivity contribution >= 4 is 19.8 Å². The van der Waals surface area contributed by atoms with Crippen LogP contribution in [0, 0.1) is 0 Å². The molecule has 3 unspecified atom stereocenters. The SMILES string of the molecule is CCCCCCCCCCCCCC(=O)OCC(COP(=O)([O-])OCC1COC(C)(C)O1)OC(=O)CCCCCCCCCCCCC.[Na+]. The molecule has 0 bridgehead atoms. The number of carbonyl (C=O) groups excluding carboxylic acids is 2. The third kappa shape index (κ3) is 30.2. The molecule has 0 aromatic heterocycles. The van der Waals surface area contributed by atoms with Gasteiger partial charge in [-0.2, -0.15) is 0 Å². The van der Waals surface area contributed by atoms with Crippen molar-refractivity contribution in [1.82, 2.24) is 0 Å². The molecule has 3 atom stereocenters. The number of hydrogen-bond donors (Lipinski definition) is 0. The van der Waals surface area contributed by atoms with Gasteiger partial charge in [-0.3, -0.25) is 14.2 Å². The zero-order chi connectivity index (χ0) is 35.4. The zero-order valence-corrected chi connectivity index (χ0v) is 34.9. The summed E-state index contributed by atoms with van der Waals surface area (Å²) in [5.74, 6) is -1.69. The van der Waals surface area contributed by atoms with Gasteiger partial charge in [0.25, 0.3) is 7.82 Å². The molecule has 1 saturated heterocycles. The number of rotatable bonds is 33. The van der Waals surface area contributed by atoms with Crippen molar-refractivity contribution in [3.8, 4) is 0 Å². The molecule has 0 radical (unpaired) electrons. The molecule has 0 amide bonds. The summed E-state index contributed by atoms with van der Waals surface area (Å²) in [5, 5.41) is 0. The van der Waals surface area contributed by atoms with E-state index in [0.717, 1.165) is 38.5 Å². The first-order valence-corrected chi connectivity index (χ1v) is 20.8. The van der Waals surface area contributed by atoms with Crippen LogP contribution in [0.25, 0.3) is 0 Å². The molecule has 1 rings (SSSR count). The minimum absolute atomic E-state index is 0. The summed E-state index contributed by atoms with van der Waals surface area (Å²) >= 11 is 0. The Morgan fingerprint density at radius 2 is 1.12 bits per heavy atom. The zero-order valence-electron chi connectivity index (χ0n) is 32.0. The Labute approximate surface area is 321 Å². The van der Waals surface area contributed by atoms with E-state index < -0.39 is 44.4 Å². The van der Waals surface area contributed by atoms with Crippen LogP contribution >= 0.6 is 7.82 Å². The molecular formula is C37H70NaO10P. The van der Waals surface area contributed by atoms with Crippen LogP contribution in [-0.2, 0) is 42.1 Å². The van der Waals surface area contributed by atoms with Crippen LogP contribution in [0.15, 0.2) is 0 Å². The molecule has 0 aromatic carbocycles. The fourth-order valence-corrected chi connectivity index (χ4v) is 6.49. The van der Waals surface area contributed by atoms with E-state index in [2.05, 4.69) is 13.8 Å². The smallest absolute Gasteiger partial charge is 0.756 e. The Kier molecular flexibility index (Phi) is 31.5. The maximum atomic E-state index is 12.6. The molecule has 0 N–H and O–H groups in total.